The number of nitrogens with zero attached hydrogens (tertiary/aromatic N) is 1. The molecule has 0 saturated heterocycles. The van der Waals surface area contributed by atoms with Crippen LogP contribution in [0.2, 0.25) is 5.02 Å². The Hall–Kier alpha value is -1.43. The van der Waals surface area contributed by atoms with Gasteiger partial charge in [-0.2, -0.15) is 0 Å². The number of hydrogen-bond donors (Lipinski definition) is 1. The lowest BCUT2D eigenvalue weighted by atomic mass is 10.2. The maximum absolute atomic E-state index is 10.7. The number of non-ortho nitro benzene ring substituents is 1. The smallest absolute Gasteiger partial charge is 0.269 e. The molecule has 0 aliphatic heterocycles. The van der Waals surface area contributed by atoms with E-state index in [0.29, 0.717) is 18.1 Å². The second-order valence-electron chi connectivity index (χ2n) is 4.28. The molecule has 0 bridgehead atoms. The van der Waals surface area contributed by atoms with Crippen molar-refractivity contribution >= 4 is 33.2 Å². The van der Waals surface area contributed by atoms with Crippen molar-refractivity contribution in [2.75, 3.05) is 0 Å². The van der Waals surface area contributed by atoms with Gasteiger partial charge in [-0.1, -0.05) is 29.8 Å². The van der Waals surface area contributed by atoms with Gasteiger partial charge in [-0.3, -0.25) is 10.1 Å². The van der Waals surface area contributed by atoms with Crippen LogP contribution in [-0.2, 0) is 13.1 Å². The lowest BCUT2D eigenvalue weighted by Crippen LogP contribution is -2.12. The van der Waals surface area contributed by atoms with E-state index in [1.165, 1.54) is 6.07 Å². The Morgan fingerprint density at radius 2 is 1.85 bits per heavy atom. The van der Waals surface area contributed by atoms with Gasteiger partial charge in [0.15, 0.2) is 0 Å². The van der Waals surface area contributed by atoms with E-state index in [9.17, 15) is 10.1 Å². The third-order valence-corrected chi connectivity index (χ3v) is 3.98. The molecule has 0 heterocycles. The van der Waals surface area contributed by atoms with E-state index < -0.39 is 0 Å². The van der Waals surface area contributed by atoms with Crippen LogP contribution in [0.5, 0.6) is 0 Å². The molecule has 0 fully saturated rings. The zero-order valence-electron chi connectivity index (χ0n) is 10.5. The van der Waals surface area contributed by atoms with Crippen molar-refractivity contribution in [1.29, 1.82) is 0 Å². The number of nitrogens with one attached hydrogen (secondary N) is 1. The van der Waals surface area contributed by atoms with Crippen molar-refractivity contribution in [3.8, 4) is 0 Å². The van der Waals surface area contributed by atoms with Gasteiger partial charge in [0.2, 0.25) is 0 Å². The molecule has 20 heavy (non-hydrogen) atoms. The van der Waals surface area contributed by atoms with Crippen LogP contribution in [-0.4, -0.2) is 4.92 Å². The Balaban J connectivity index is 1.94. The lowest BCUT2D eigenvalue weighted by Gasteiger charge is -2.06. The number of benzene rings is 2. The fourth-order valence-corrected chi connectivity index (χ4v) is 2.32. The summed E-state index contributed by atoms with van der Waals surface area (Å²) in [6.45, 7) is 1.24. The van der Waals surface area contributed by atoms with Crippen LogP contribution in [0.4, 0.5) is 5.69 Å². The van der Waals surface area contributed by atoms with Crippen LogP contribution in [0.25, 0.3) is 0 Å². The molecular formula is C14H12BrClN2O2. The van der Waals surface area contributed by atoms with Gasteiger partial charge in [0.1, 0.15) is 0 Å². The molecule has 2 aromatic rings. The summed E-state index contributed by atoms with van der Waals surface area (Å²) in [6.07, 6.45) is 0. The molecule has 2 aromatic carbocycles. The topological polar surface area (TPSA) is 55.2 Å². The van der Waals surface area contributed by atoms with Crippen LogP contribution in [0, 0.1) is 10.1 Å². The zero-order valence-corrected chi connectivity index (χ0v) is 12.8. The van der Waals surface area contributed by atoms with Gasteiger partial charge in [-0.15, -0.1) is 0 Å². The Morgan fingerprint density at radius 1 is 1.15 bits per heavy atom. The first-order chi connectivity index (χ1) is 9.56. The molecule has 4 nitrogen and oxygen atoms in total. The summed E-state index contributed by atoms with van der Waals surface area (Å²) >= 11 is 9.30. The van der Waals surface area contributed by atoms with Crippen LogP contribution in [0.3, 0.4) is 0 Å². The maximum atomic E-state index is 10.7. The highest BCUT2D eigenvalue weighted by molar-refractivity contribution is 9.10. The normalized spacial score (nSPS) is 10.5. The molecule has 0 aliphatic rings. The maximum Gasteiger partial charge on any atom is 0.269 e. The Morgan fingerprint density at radius 3 is 2.50 bits per heavy atom. The second-order valence-corrected chi connectivity index (χ2v) is 5.54. The summed E-state index contributed by atoms with van der Waals surface area (Å²) in [5, 5.41) is 14.6. The standard InChI is InChI=1S/C14H12BrClN2O2/c15-13-7-11(4-5-14(13)16)9-17-8-10-2-1-3-12(6-10)18(19)20/h1-7,17H,8-9H2. The molecule has 6 heteroatoms. The fraction of sp³-hybridized carbons (Fsp3) is 0.143. The first kappa shape index (κ1) is 15.0. The quantitative estimate of drug-likeness (QED) is 0.642. The summed E-state index contributed by atoms with van der Waals surface area (Å²) in [7, 11) is 0. The molecule has 1 N–H and O–H groups in total. The SMILES string of the molecule is O=[N+]([O-])c1cccc(CNCc2ccc(Cl)c(Br)c2)c1. The minimum absolute atomic E-state index is 0.110. The molecule has 0 unspecified atom stereocenters. The first-order valence-corrected chi connectivity index (χ1v) is 7.11. The minimum atomic E-state index is -0.389. The van der Waals surface area contributed by atoms with Gasteiger partial charge < -0.3 is 5.32 Å². The average Bonchev–Trinajstić information content (AvgIpc) is 2.43. The molecule has 0 spiro atoms. The van der Waals surface area contributed by atoms with Crippen molar-refractivity contribution in [2.24, 2.45) is 0 Å². The highest BCUT2D eigenvalue weighted by Crippen LogP contribution is 2.23. The molecule has 2 rings (SSSR count). The molecule has 0 aliphatic carbocycles. The van der Waals surface area contributed by atoms with E-state index in [1.807, 2.05) is 24.3 Å². The van der Waals surface area contributed by atoms with E-state index >= 15 is 0 Å². The largest absolute Gasteiger partial charge is 0.309 e. The van der Waals surface area contributed by atoms with Crippen LogP contribution < -0.4 is 5.32 Å². The predicted molar refractivity (Wildman–Crippen MR) is 82.8 cm³/mol. The molecule has 104 valence electrons. The van der Waals surface area contributed by atoms with Gasteiger partial charge >= 0.3 is 0 Å². The van der Waals surface area contributed by atoms with E-state index in [2.05, 4.69) is 21.2 Å². The van der Waals surface area contributed by atoms with Crippen molar-refractivity contribution in [3.05, 3.63) is 73.2 Å². The number of halogens is 2. The third kappa shape index (κ3) is 4.03. The number of nitro benzene ring substituents is 1. The summed E-state index contributed by atoms with van der Waals surface area (Å²) in [4.78, 5) is 10.3. The van der Waals surface area contributed by atoms with Crippen LogP contribution >= 0.6 is 27.5 Å². The summed E-state index contributed by atoms with van der Waals surface area (Å²) < 4.78 is 0.855. The predicted octanol–water partition coefficient (Wildman–Crippen LogP) is 4.30. The number of hydrogen-bond acceptors (Lipinski definition) is 3. The first-order valence-electron chi connectivity index (χ1n) is 5.94. The molecule has 0 aromatic heterocycles. The highest BCUT2D eigenvalue weighted by atomic mass is 79.9. The van der Waals surface area contributed by atoms with Gasteiger partial charge in [0, 0.05) is 29.7 Å². The molecule has 0 radical (unpaired) electrons. The van der Waals surface area contributed by atoms with Crippen molar-refractivity contribution < 1.29 is 4.92 Å². The van der Waals surface area contributed by atoms with Crippen molar-refractivity contribution in [3.63, 3.8) is 0 Å². The van der Waals surface area contributed by atoms with E-state index in [4.69, 9.17) is 11.6 Å². The highest BCUT2D eigenvalue weighted by Gasteiger charge is 2.05. The summed E-state index contributed by atoms with van der Waals surface area (Å²) in [5.74, 6) is 0. The zero-order chi connectivity index (χ0) is 14.5. The summed E-state index contributed by atoms with van der Waals surface area (Å²) in [6, 6.07) is 12.3. The number of nitro groups is 1. The number of rotatable bonds is 5. The van der Waals surface area contributed by atoms with Crippen LogP contribution in [0.15, 0.2) is 46.9 Å². The van der Waals surface area contributed by atoms with E-state index in [0.717, 1.165) is 15.6 Å². The molecular weight excluding hydrogens is 344 g/mol. The van der Waals surface area contributed by atoms with Gasteiger partial charge in [-0.25, -0.2) is 0 Å². The van der Waals surface area contributed by atoms with E-state index in [1.54, 1.807) is 12.1 Å². The monoisotopic (exact) mass is 354 g/mol. The molecule has 0 saturated carbocycles. The lowest BCUT2D eigenvalue weighted by molar-refractivity contribution is -0.384. The van der Waals surface area contributed by atoms with Gasteiger partial charge in [-0.05, 0) is 39.2 Å². The van der Waals surface area contributed by atoms with Gasteiger partial charge in [0.05, 0.1) is 9.95 Å². The molecule has 0 atom stereocenters. The third-order valence-electron chi connectivity index (χ3n) is 2.76. The second kappa shape index (κ2) is 6.83. The molecule has 0 amide bonds. The Bertz CT molecular complexity index is 634. The fourth-order valence-electron chi connectivity index (χ4n) is 1.78. The minimum Gasteiger partial charge on any atom is -0.309 e. The van der Waals surface area contributed by atoms with Gasteiger partial charge in [0.25, 0.3) is 5.69 Å². The Kier molecular flexibility index (Phi) is 5.11. The van der Waals surface area contributed by atoms with Crippen molar-refractivity contribution in [2.45, 2.75) is 13.1 Å². The van der Waals surface area contributed by atoms with Crippen molar-refractivity contribution in [1.82, 2.24) is 5.32 Å². The Labute approximate surface area is 130 Å². The summed E-state index contributed by atoms with van der Waals surface area (Å²) in [5.41, 5.74) is 2.08. The average molecular weight is 356 g/mol. The van der Waals surface area contributed by atoms with E-state index in [-0.39, 0.29) is 10.6 Å². The van der Waals surface area contributed by atoms with Crippen LogP contribution in [0.1, 0.15) is 11.1 Å².